The standard InChI is InChI=1S/C60H78N16O7S/c1-37(39-17-19-40(20-18-39)54-38(2)64-36-84-54)65-57(80)47-31-43(77)34-76(47)59(82)55(60(3,4)5)68-50(78)15-10-9-11-16-51(79)75-25-23-41(24-26-75)73-27-29-74(30-28-73)42-21-22-48(62-33-42)67-49-32-46(52(70-69-49)58(81)61-6)66-45-14-12-13-44(53(45)83-8)56-63-35-72(7)71-56/h12-14,17-22,32-33,35-37,41,43,47,55,77H,9-11,15-16,23-31,34H2,1-8H3,(H,61,81)(H,65,80)(H,68,78)(H2,62,66,67,69)/t37-,43?,47-,55?/m0/s1. The molecule has 3 saturated heterocycles. The van der Waals surface area contributed by atoms with Gasteiger partial charge in [0.15, 0.2) is 23.1 Å². The number of nitrogens with zero attached hydrogens (tertiary/aromatic N) is 11. The summed E-state index contributed by atoms with van der Waals surface area (Å²) in [6.45, 7) is 14.4. The second kappa shape index (κ2) is 27.1. The lowest BCUT2D eigenvalue weighted by Gasteiger charge is -2.43. The van der Waals surface area contributed by atoms with Gasteiger partial charge in [0.25, 0.3) is 5.91 Å². The summed E-state index contributed by atoms with van der Waals surface area (Å²) in [6.07, 6.45) is 7.04. The van der Waals surface area contributed by atoms with Crippen LogP contribution in [0.4, 0.5) is 28.7 Å². The molecule has 7 heterocycles. The smallest absolute Gasteiger partial charge is 0.273 e. The number of unbranched alkanes of at least 4 members (excludes halogenated alkanes) is 2. The van der Waals surface area contributed by atoms with Gasteiger partial charge in [0.1, 0.15) is 24.2 Å². The molecule has 6 N–H and O–H groups in total. The van der Waals surface area contributed by atoms with Gasteiger partial charge in [-0.25, -0.2) is 15.0 Å². The molecule has 446 valence electrons. The molecule has 0 spiro atoms. The monoisotopic (exact) mass is 1170 g/mol. The SMILES string of the molecule is CNC(=O)c1nnc(Nc2ccc(N3CCN(C4CCN(C(=O)CCCCCC(=O)NC(C(=O)N5CC(O)C[C@H]5C(=O)N[C@@H](C)c5ccc(-c6scnc6C)cc5)C(C)(C)C)CC4)CC3)cn2)cc1Nc1cccc(-c2ncn(C)n2)c1OC. The largest absolute Gasteiger partial charge is 0.494 e. The number of rotatable bonds is 21. The summed E-state index contributed by atoms with van der Waals surface area (Å²) < 4.78 is 7.39. The highest BCUT2D eigenvalue weighted by Gasteiger charge is 2.45. The van der Waals surface area contributed by atoms with Crippen LogP contribution in [0.15, 0.2) is 78.7 Å². The van der Waals surface area contributed by atoms with Gasteiger partial charge in [-0.2, -0.15) is 5.10 Å². The lowest BCUT2D eigenvalue weighted by molar-refractivity contribution is -0.144. The molecule has 23 nitrogen and oxygen atoms in total. The molecular formula is C60H78N16O7S. The third-order valence-corrected chi connectivity index (χ3v) is 16.9. The van der Waals surface area contributed by atoms with Crippen LogP contribution in [-0.2, 0) is 26.2 Å². The number of carbonyl (C=O) groups is 5. The Morgan fingerprint density at radius 2 is 1.60 bits per heavy atom. The van der Waals surface area contributed by atoms with Crippen molar-refractivity contribution in [1.82, 2.24) is 65.6 Å². The third kappa shape index (κ3) is 14.6. The van der Waals surface area contributed by atoms with Crippen molar-refractivity contribution in [3.05, 3.63) is 95.6 Å². The Morgan fingerprint density at radius 1 is 0.845 bits per heavy atom. The van der Waals surface area contributed by atoms with E-state index >= 15 is 0 Å². The Hall–Kier alpha value is -8.09. The molecule has 5 amide bonds. The van der Waals surface area contributed by atoms with Crippen LogP contribution >= 0.6 is 11.3 Å². The first kappa shape index (κ1) is 60.5. The van der Waals surface area contributed by atoms with Crippen LogP contribution < -0.4 is 36.2 Å². The number of ether oxygens (including phenoxy) is 1. The summed E-state index contributed by atoms with van der Waals surface area (Å²) in [6, 6.07) is 17.4. The molecule has 0 bridgehead atoms. The fraction of sp³-hybridized carbons (Fsp3) is 0.483. The van der Waals surface area contributed by atoms with Gasteiger partial charge in [0, 0.05) is 91.3 Å². The Labute approximate surface area is 494 Å². The molecule has 24 heteroatoms. The van der Waals surface area contributed by atoms with Gasteiger partial charge in [0.05, 0.1) is 64.2 Å². The molecule has 0 radical (unpaired) electrons. The average Bonchev–Trinajstić information content (AvgIpc) is 3.03. The van der Waals surface area contributed by atoms with Gasteiger partial charge in [-0.1, -0.05) is 57.5 Å². The summed E-state index contributed by atoms with van der Waals surface area (Å²) in [5, 5.41) is 38.8. The first-order valence-corrected chi connectivity index (χ1v) is 29.7. The maximum Gasteiger partial charge on any atom is 0.273 e. The Bertz CT molecular complexity index is 3260. The van der Waals surface area contributed by atoms with Gasteiger partial charge in [-0.3, -0.25) is 33.6 Å². The molecule has 3 aliphatic heterocycles. The number of likely N-dealkylation sites (tertiary alicyclic amines) is 2. The van der Waals surface area contributed by atoms with E-state index in [1.54, 1.807) is 42.6 Å². The lowest BCUT2D eigenvalue weighted by atomic mass is 9.85. The number of thiazole rings is 1. The number of hydrogen-bond acceptors (Lipinski definition) is 18. The molecule has 2 aromatic carbocycles. The van der Waals surface area contributed by atoms with Crippen molar-refractivity contribution < 1.29 is 33.8 Å². The zero-order chi connectivity index (χ0) is 59.7. The highest BCUT2D eigenvalue weighted by Crippen LogP contribution is 2.38. The van der Waals surface area contributed by atoms with Crippen molar-refractivity contribution >= 4 is 69.6 Å². The molecule has 84 heavy (non-hydrogen) atoms. The highest BCUT2D eigenvalue weighted by molar-refractivity contribution is 7.13. The van der Waals surface area contributed by atoms with Crippen LogP contribution in [0, 0.1) is 12.3 Å². The second-order valence-corrected chi connectivity index (χ2v) is 23.8. The number of anilines is 5. The molecule has 0 saturated carbocycles. The number of pyridine rings is 1. The Balaban J connectivity index is 0.680. The minimum Gasteiger partial charge on any atom is -0.494 e. The Kier molecular flexibility index (Phi) is 19.5. The molecule has 3 fully saturated rings. The van der Waals surface area contributed by atoms with Gasteiger partial charge in [-0.15, -0.1) is 21.5 Å². The molecule has 4 atom stereocenters. The van der Waals surface area contributed by atoms with Crippen molar-refractivity contribution in [3.63, 3.8) is 0 Å². The number of amides is 5. The van der Waals surface area contributed by atoms with Crippen LogP contribution in [0.25, 0.3) is 21.8 Å². The Morgan fingerprint density at radius 3 is 2.25 bits per heavy atom. The number of aliphatic hydroxyl groups excluding tert-OH is 1. The third-order valence-electron chi connectivity index (χ3n) is 15.9. The zero-order valence-corrected chi connectivity index (χ0v) is 50.0. The molecule has 0 aliphatic carbocycles. The number of methoxy groups -OCH3 is 1. The van der Waals surface area contributed by atoms with Crippen molar-refractivity contribution in [3.8, 4) is 27.6 Å². The summed E-state index contributed by atoms with van der Waals surface area (Å²) in [5.74, 6) is 0.614. The van der Waals surface area contributed by atoms with Gasteiger partial charge < -0.3 is 51.1 Å². The van der Waals surface area contributed by atoms with Crippen LogP contribution in [0.3, 0.4) is 0 Å². The summed E-state index contributed by atoms with van der Waals surface area (Å²) in [5.41, 5.74) is 6.81. The minimum atomic E-state index is -0.914. The van der Waals surface area contributed by atoms with Crippen LogP contribution in [0.5, 0.6) is 5.75 Å². The first-order valence-electron chi connectivity index (χ1n) is 28.9. The number of piperidine rings is 1. The number of aromatic nitrogens is 7. The van der Waals surface area contributed by atoms with E-state index < -0.39 is 35.4 Å². The topological polar surface area (TPSA) is 270 Å². The number of β-amino-alcohol motifs (C(OH)–C–C–N with tert-alkyl or cyclic N) is 1. The van der Waals surface area contributed by atoms with E-state index in [9.17, 15) is 29.1 Å². The number of hydrogen-bond donors (Lipinski definition) is 6. The number of aryl methyl sites for hydroxylation is 2. The number of para-hydroxylation sites is 1. The normalized spacial score (nSPS) is 17.6. The fourth-order valence-electron chi connectivity index (χ4n) is 11.2. The van der Waals surface area contributed by atoms with E-state index in [4.69, 9.17) is 9.72 Å². The molecule has 2 unspecified atom stereocenters. The number of nitrogens with one attached hydrogen (secondary N) is 5. The molecule has 6 aromatic rings. The second-order valence-electron chi connectivity index (χ2n) is 22.9. The maximum atomic E-state index is 14.2. The number of aliphatic hydroxyl groups is 1. The average molecular weight is 1170 g/mol. The van der Waals surface area contributed by atoms with Crippen molar-refractivity contribution in [1.29, 1.82) is 0 Å². The molecule has 3 aliphatic rings. The minimum absolute atomic E-state index is 0.00328. The predicted molar refractivity (Wildman–Crippen MR) is 322 cm³/mol. The van der Waals surface area contributed by atoms with Crippen molar-refractivity contribution in [2.24, 2.45) is 12.5 Å². The van der Waals surface area contributed by atoms with Crippen molar-refractivity contribution in [2.45, 2.75) is 116 Å². The van der Waals surface area contributed by atoms with E-state index in [1.807, 2.05) is 106 Å². The van der Waals surface area contributed by atoms with Gasteiger partial charge in [-0.05, 0) is 80.3 Å². The van der Waals surface area contributed by atoms with E-state index in [1.165, 1.54) is 11.9 Å². The lowest BCUT2D eigenvalue weighted by Crippen LogP contribution is -2.57. The van der Waals surface area contributed by atoms with Crippen LogP contribution in [0.1, 0.15) is 107 Å². The molecular weight excluding hydrogens is 1090 g/mol. The summed E-state index contributed by atoms with van der Waals surface area (Å²) in [7, 11) is 4.88. The number of piperazine rings is 1. The molecule has 4 aromatic heterocycles. The number of benzene rings is 2. The summed E-state index contributed by atoms with van der Waals surface area (Å²) in [4.78, 5) is 90.3. The van der Waals surface area contributed by atoms with E-state index in [0.29, 0.717) is 85.0 Å². The van der Waals surface area contributed by atoms with Gasteiger partial charge in [0.2, 0.25) is 23.6 Å². The van der Waals surface area contributed by atoms with Crippen LogP contribution in [0.2, 0.25) is 0 Å². The quantitative estimate of drug-likeness (QED) is 0.0426. The van der Waals surface area contributed by atoms with E-state index in [2.05, 4.69) is 61.6 Å². The van der Waals surface area contributed by atoms with E-state index in [0.717, 1.165) is 66.4 Å². The van der Waals surface area contributed by atoms with E-state index in [-0.39, 0.29) is 48.8 Å². The predicted octanol–water partition coefficient (Wildman–Crippen LogP) is 6.39. The first-order chi connectivity index (χ1) is 40.4. The maximum absolute atomic E-state index is 14.2. The molecule has 9 rings (SSSR count). The van der Waals surface area contributed by atoms with Crippen molar-refractivity contribution in [2.75, 3.05) is 75.5 Å². The highest BCUT2D eigenvalue weighted by atomic mass is 32.1. The zero-order valence-electron chi connectivity index (χ0n) is 49.2. The summed E-state index contributed by atoms with van der Waals surface area (Å²) >= 11 is 1.58. The van der Waals surface area contributed by atoms with Gasteiger partial charge >= 0.3 is 0 Å². The number of carbonyl (C=O) groups excluding carboxylic acids is 5. The fourth-order valence-corrected chi connectivity index (χ4v) is 12.0. The van der Waals surface area contributed by atoms with Crippen LogP contribution in [-0.4, -0.2) is 168 Å².